The van der Waals surface area contributed by atoms with Gasteiger partial charge in [0.1, 0.15) is 11.8 Å². The zero-order valence-corrected chi connectivity index (χ0v) is 12.6. The molecule has 0 spiro atoms. The Balaban J connectivity index is 1.62. The Kier molecular flexibility index (Phi) is 3.27. The lowest BCUT2D eigenvalue weighted by Crippen LogP contribution is -2.42. The van der Waals surface area contributed by atoms with Gasteiger partial charge in [0.05, 0.1) is 11.1 Å². The number of nitrogens with zero attached hydrogens (tertiary/aromatic N) is 1. The van der Waals surface area contributed by atoms with Crippen LogP contribution in [0.3, 0.4) is 0 Å². The third kappa shape index (κ3) is 2.22. The fraction of sp³-hybridized carbons (Fsp3) is 0.105. The molecule has 0 N–H and O–H groups in total. The molecule has 0 aliphatic carbocycles. The van der Waals surface area contributed by atoms with E-state index in [4.69, 9.17) is 4.74 Å². The molecule has 0 saturated carbocycles. The molecule has 0 bridgehead atoms. The molecule has 1 fully saturated rings. The molecule has 2 aromatic rings. The van der Waals surface area contributed by atoms with Gasteiger partial charge in [-0.3, -0.25) is 14.5 Å². The van der Waals surface area contributed by atoms with Gasteiger partial charge in [-0.2, -0.15) is 0 Å². The first-order valence-electron chi connectivity index (χ1n) is 7.59. The topological polar surface area (TPSA) is 63.7 Å². The number of fused-ring (bicyclic) bond motifs is 1. The van der Waals surface area contributed by atoms with Gasteiger partial charge in [-0.15, -0.1) is 0 Å². The van der Waals surface area contributed by atoms with E-state index in [0.29, 0.717) is 16.9 Å². The summed E-state index contributed by atoms with van der Waals surface area (Å²) in [6.45, 7) is 0. The van der Waals surface area contributed by atoms with Crippen LogP contribution in [0.25, 0.3) is 6.08 Å². The standard InChI is InChI=1S/C19H13NO4/c21-17-14-8-4-5-9-15(14)18(22)20(17)16-11-13(24-19(16)23)10-12-6-2-1-3-7-12/h1-10,16H,11H2/b13-10+/t16-/m1/s1. The first-order valence-corrected chi connectivity index (χ1v) is 7.59. The number of amides is 2. The number of carbonyl (C=O) groups is 3. The Bertz CT molecular complexity index is 850. The van der Waals surface area contributed by atoms with Gasteiger partial charge in [0, 0.05) is 6.42 Å². The van der Waals surface area contributed by atoms with Crippen molar-refractivity contribution in [1.29, 1.82) is 0 Å². The first kappa shape index (κ1) is 14.4. The van der Waals surface area contributed by atoms with Crippen molar-refractivity contribution in [3.8, 4) is 0 Å². The minimum Gasteiger partial charge on any atom is -0.429 e. The van der Waals surface area contributed by atoms with Gasteiger partial charge < -0.3 is 4.74 Å². The average molecular weight is 319 g/mol. The summed E-state index contributed by atoms with van der Waals surface area (Å²) in [6.07, 6.45) is 1.94. The molecule has 0 unspecified atom stereocenters. The van der Waals surface area contributed by atoms with Crippen molar-refractivity contribution >= 4 is 23.9 Å². The number of benzene rings is 2. The lowest BCUT2D eigenvalue weighted by molar-refractivity contribution is -0.138. The number of carbonyl (C=O) groups excluding carboxylic acids is 3. The van der Waals surface area contributed by atoms with Crippen molar-refractivity contribution in [1.82, 2.24) is 4.90 Å². The van der Waals surface area contributed by atoms with Gasteiger partial charge >= 0.3 is 5.97 Å². The maximum Gasteiger partial charge on any atom is 0.334 e. The van der Waals surface area contributed by atoms with Gasteiger partial charge in [-0.1, -0.05) is 42.5 Å². The van der Waals surface area contributed by atoms with Gasteiger partial charge in [0.2, 0.25) is 0 Å². The SMILES string of the molecule is O=C1O/C(=C/c2ccccc2)C[C@H]1N1C(=O)c2ccccc2C1=O. The molecule has 2 amide bonds. The van der Waals surface area contributed by atoms with Crippen molar-refractivity contribution < 1.29 is 19.1 Å². The zero-order chi connectivity index (χ0) is 16.7. The molecule has 1 atom stereocenters. The van der Waals surface area contributed by atoms with E-state index in [1.54, 1.807) is 30.3 Å². The highest BCUT2D eigenvalue weighted by molar-refractivity contribution is 6.22. The Morgan fingerprint density at radius 2 is 1.46 bits per heavy atom. The van der Waals surface area contributed by atoms with E-state index in [2.05, 4.69) is 0 Å². The van der Waals surface area contributed by atoms with E-state index in [-0.39, 0.29) is 6.42 Å². The molecule has 5 heteroatoms. The van der Waals surface area contributed by atoms with Crippen LogP contribution >= 0.6 is 0 Å². The number of imide groups is 1. The summed E-state index contributed by atoms with van der Waals surface area (Å²) in [6, 6.07) is 15.1. The molecule has 2 aromatic carbocycles. The maximum absolute atomic E-state index is 12.5. The van der Waals surface area contributed by atoms with Gasteiger partial charge in [0.25, 0.3) is 11.8 Å². The minimum absolute atomic E-state index is 0.194. The molecule has 2 aliphatic rings. The fourth-order valence-corrected chi connectivity index (χ4v) is 3.02. The summed E-state index contributed by atoms with van der Waals surface area (Å²) in [7, 11) is 0. The number of ether oxygens (including phenoxy) is 1. The van der Waals surface area contributed by atoms with Crippen molar-refractivity contribution in [3.63, 3.8) is 0 Å². The van der Waals surface area contributed by atoms with E-state index in [0.717, 1.165) is 10.5 Å². The van der Waals surface area contributed by atoms with Crippen molar-refractivity contribution in [2.24, 2.45) is 0 Å². The fourth-order valence-electron chi connectivity index (χ4n) is 3.02. The molecular weight excluding hydrogens is 306 g/mol. The number of hydrogen-bond acceptors (Lipinski definition) is 4. The number of esters is 1. The molecular formula is C19H13NO4. The molecule has 0 radical (unpaired) electrons. The third-order valence-corrected chi connectivity index (χ3v) is 4.16. The number of cyclic esters (lactones) is 1. The quantitative estimate of drug-likeness (QED) is 0.630. The highest BCUT2D eigenvalue weighted by atomic mass is 16.5. The van der Waals surface area contributed by atoms with Crippen LogP contribution in [0.4, 0.5) is 0 Å². The first-order chi connectivity index (χ1) is 11.6. The van der Waals surface area contributed by atoms with Crippen LogP contribution in [0, 0.1) is 0 Å². The summed E-state index contributed by atoms with van der Waals surface area (Å²) in [5.41, 5.74) is 1.55. The summed E-state index contributed by atoms with van der Waals surface area (Å²) in [5.74, 6) is -1.02. The lowest BCUT2D eigenvalue weighted by atomic mass is 10.1. The third-order valence-electron chi connectivity index (χ3n) is 4.16. The normalized spacial score (nSPS) is 21.3. The second-order valence-electron chi connectivity index (χ2n) is 5.69. The number of rotatable bonds is 2. The predicted molar refractivity (Wildman–Crippen MR) is 85.9 cm³/mol. The van der Waals surface area contributed by atoms with E-state index in [1.165, 1.54) is 0 Å². The molecule has 24 heavy (non-hydrogen) atoms. The minimum atomic E-state index is -0.910. The second kappa shape index (κ2) is 5.45. The zero-order valence-electron chi connectivity index (χ0n) is 12.6. The second-order valence-corrected chi connectivity index (χ2v) is 5.69. The molecule has 4 rings (SSSR count). The van der Waals surface area contributed by atoms with Gasteiger partial charge in [0.15, 0.2) is 0 Å². The summed E-state index contributed by atoms with van der Waals surface area (Å²) in [5, 5.41) is 0. The molecule has 2 heterocycles. The van der Waals surface area contributed by atoms with E-state index in [1.807, 2.05) is 30.3 Å². The van der Waals surface area contributed by atoms with Crippen LogP contribution in [0.2, 0.25) is 0 Å². The smallest absolute Gasteiger partial charge is 0.334 e. The highest BCUT2D eigenvalue weighted by Crippen LogP contribution is 2.31. The van der Waals surface area contributed by atoms with Crippen LogP contribution in [-0.4, -0.2) is 28.7 Å². The maximum atomic E-state index is 12.5. The average Bonchev–Trinajstić information content (AvgIpc) is 3.07. The highest BCUT2D eigenvalue weighted by Gasteiger charge is 2.46. The molecule has 118 valence electrons. The Hall–Kier alpha value is -3.21. The monoisotopic (exact) mass is 319 g/mol. The molecule has 2 aliphatic heterocycles. The van der Waals surface area contributed by atoms with Crippen LogP contribution < -0.4 is 0 Å². The molecule has 0 aromatic heterocycles. The lowest BCUT2D eigenvalue weighted by Gasteiger charge is -2.17. The van der Waals surface area contributed by atoms with Crippen LogP contribution in [-0.2, 0) is 9.53 Å². The van der Waals surface area contributed by atoms with E-state index >= 15 is 0 Å². The van der Waals surface area contributed by atoms with Gasteiger partial charge in [-0.05, 0) is 23.8 Å². The van der Waals surface area contributed by atoms with Crippen molar-refractivity contribution in [2.75, 3.05) is 0 Å². The van der Waals surface area contributed by atoms with E-state index < -0.39 is 23.8 Å². The number of hydrogen-bond donors (Lipinski definition) is 0. The Labute approximate surface area is 138 Å². The summed E-state index contributed by atoms with van der Waals surface area (Å²) < 4.78 is 5.26. The Morgan fingerprint density at radius 1 is 0.875 bits per heavy atom. The largest absolute Gasteiger partial charge is 0.429 e. The van der Waals surface area contributed by atoms with Crippen molar-refractivity contribution in [2.45, 2.75) is 12.5 Å². The van der Waals surface area contributed by atoms with Gasteiger partial charge in [-0.25, -0.2) is 4.79 Å². The molecule has 1 saturated heterocycles. The van der Waals surface area contributed by atoms with E-state index in [9.17, 15) is 14.4 Å². The predicted octanol–water partition coefficient (Wildman–Crippen LogP) is 2.64. The van der Waals surface area contributed by atoms with Crippen molar-refractivity contribution in [3.05, 3.63) is 77.0 Å². The Morgan fingerprint density at radius 3 is 2.08 bits per heavy atom. The van der Waals surface area contributed by atoms with Crippen LogP contribution in [0.15, 0.2) is 60.4 Å². The summed E-state index contributed by atoms with van der Waals surface area (Å²) in [4.78, 5) is 38.2. The van der Waals surface area contributed by atoms with Crippen LogP contribution in [0.5, 0.6) is 0 Å². The molecule has 5 nitrogen and oxygen atoms in total. The van der Waals surface area contributed by atoms with Crippen LogP contribution in [0.1, 0.15) is 32.7 Å². The summed E-state index contributed by atoms with van der Waals surface area (Å²) >= 11 is 0.